The largest absolute Gasteiger partial charge is 0.396 e. The van der Waals surface area contributed by atoms with Crippen LogP contribution in [0.25, 0.3) is 0 Å². The third-order valence-corrected chi connectivity index (χ3v) is 5.55. The van der Waals surface area contributed by atoms with Crippen LogP contribution < -0.4 is 10.2 Å². The Kier molecular flexibility index (Phi) is 5.88. The Morgan fingerprint density at radius 2 is 2.14 bits per heavy atom. The Morgan fingerprint density at radius 3 is 2.79 bits per heavy atom. The fourth-order valence-electron chi connectivity index (χ4n) is 3.37. The summed E-state index contributed by atoms with van der Waals surface area (Å²) in [6, 6.07) is 2.38. The van der Waals surface area contributed by atoms with E-state index in [-0.39, 0.29) is 36.1 Å². The standard InChI is InChI=1S/C19H20ClF3N4O2/c1-11-5-4-8-24-16(11)27-10-14(26(2)18(27)29)17(28)25-9-12-6-3-7-13(15(12)20)19(21,22)23/h3-6,8,13-14H,7,9-10H2,1-2H3,(H,25,28). The number of likely N-dealkylation sites (N-methyl/N-ethyl adjacent to an activating group) is 1. The van der Waals surface area contributed by atoms with Crippen LogP contribution in [0, 0.1) is 12.8 Å². The fourth-order valence-corrected chi connectivity index (χ4v) is 3.71. The number of amides is 3. The zero-order valence-electron chi connectivity index (χ0n) is 15.8. The van der Waals surface area contributed by atoms with Crippen LogP contribution in [-0.2, 0) is 4.79 Å². The number of hydrogen-bond donors (Lipinski definition) is 1. The molecule has 0 bridgehead atoms. The van der Waals surface area contributed by atoms with Crippen LogP contribution in [0.15, 0.2) is 41.1 Å². The number of alkyl halides is 3. The van der Waals surface area contributed by atoms with Gasteiger partial charge in [-0.3, -0.25) is 9.69 Å². The van der Waals surface area contributed by atoms with E-state index in [1.54, 1.807) is 12.3 Å². The molecule has 2 heterocycles. The van der Waals surface area contributed by atoms with E-state index in [9.17, 15) is 22.8 Å². The van der Waals surface area contributed by atoms with Gasteiger partial charge < -0.3 is 10.2 Å². The highest BCUT2D eigenvalue weighted by Gasteiger charge is 2.43. The van der Waals surface area contributed by atoms with Crippen LogP contribution in [0.4, 0.5) is 23.8 Å². The molecule has 1 fully saturated rings. The first-order valence-electron chi connectivity index (χ1n) is 8.96. The van der Waals surface area contributed by atoms with Crippen LogP contribution in [0.3, 0.4) is 0 Å². The average molecular weight is 429 g/mol. The number of urea groups is 1. The number of allylic oxidation sites excluding steroid dienone is 2. The van der Waals surface area contributed by atoms with E-state index in [0.29, 0.717) is 5.82 Å². The molecule has 0 radical (unpaired) electrons. The number of hydrogen-bond acceptors (Lipinski definition) is 3. The monoisotopic (exact) mass is 428 g/mol. The Balaban J connectivity index is 1.69. The number of carbonyl (C=O) groups is 2. The van der Waals surface area contributed by atoms with Crippen molar-refractivity contribution >= 4 is 29.4 Å². The number of nitrogens with one attached hydrogen (secondary N) is 1. The van der Waals surface area contributed by atoms with Gasteiger partial charge in [-0.05, 0) is 30.5 Å². The molecule has 156 valence electrons. The van der Waals surface area contributed by atoms with Crippen LogP contribution in [0.5, 0.6) is 0 Å². The molecule has 2 unspecified atom stereocenters. The molecule has 10 heteroatoms. The van der Waals surface area contributed by atoms with Crippen molar-refractivity contribution in [3.05, 3.63) is 46.7 Å². The van der Waals surface area contributed by atoms with E-state index in [4.69, 9.17) is 11.6 Å². The van der Waals surface area contributed by atoms with Gasteiger partial charge in [0, 0.05) is 24.8 Å². The predicted molar refractivity (Wildman–Crippen MR) is 102 cm³/mol. The van der Waals surface area contributed by atoms with Gasteiger partial charge in [0.2, 0.25) is 5.91 Å². The van der Waals surface area contributed by atoms with E-state index < -0.39 is 24.0 Å². The van der Waals surface area contributed by atoms with Crippen molar-refractivity contribution in [2.24, 2.45) is 5.92 Å². The number of rotatable bonds is 4. The molecule has 2 atom stereocenters. The lowest BCUT2D eigenvalue weighted by molar-refractivity contribution is -0.161. The third kappa shape index (κ3) is 4.24. The minimum Gasteiger partial charge on any atom is -0.350 e. The Bertz CT molecular complexity index is 884. The van der Waals surface area contributed by atoms with E-state index in [0.717, 1.165) is 5.56 Å². The van der Waals surface area contributed by atoms with Gasteiger partial charge in [0.05, 0.1) is 12.5 Å². The molecule has 1 aliphatic heterocycles. The molecule has 0 aromatic carbocycles. The highest BCUT2D eigenvalue weighted by atomic mass is 35.5. The lowest BCUT2D eigenvalue weighted by Gasteiger charge is -2.24. The molecule has 29 heavy (non-hydrogen) atoms. The molecule has 1 N–H and O–H groups in total. The number of anilines is 1. The fraction of sp³-hybridized carbons (Fsp3) is 0.421. The van der Waals surface area contributed by atoms with Gasteiger partial charge in [-0.15, -0.1) is 0 Å². The number of carbonyl (C=O) groups excluding carboxylic acids is 2. The third-order valence-electron chi connectivity index (χ3n) is 5.05. The second-order valence-electron chi connectivity index (χ2n) is 6.99. The first kappa shape index (κ1) is 21.2. The second kappa shape index (κ2) is 8.06. The van der Waals surface area contributed by atoms with Crippen molar-refractivity contribution in [3.8, 4) is 0 Å². The molecule has 3 rings (SSSR count). The molecule has 3 amide bonds. The molecule has 1 saturated heterocycles. The van der Waals surface area contributed by atoms with Crippen molar-refractivity contribution in [1.82, 2.24) is 15.2 Å². The van der Waals surface area contributed by atoms with Crippen LogP contribution >= 0.6 is 11.6 Å². The summed E-state index contributed by atoms with van der Waals surface area (Å²) in [5, 5.41) is 2.28. The molecule has 6 nitrogen and oxygen atoms in total. The number of aryl methyl sites for hydroxylation is 1. The first-order valence-corrected chi connectivity index (χ1v) is 9.34. The zero-order valence-corrected chi connectivity index (χ0v) is 16.6. The molecule has 1 aromatic rings. The quantitative estimate of drug-likeness (QED) is 0.799. The van der Waals surface area contributed by atoms with Crippen LogP contribution in [0.2, 0.25) is 0 Å². The Morgan fingerprint density at radius 1 is 1.41 bits per heavy atom. The summed E-state index contributed by atoms with van der Waals surface area (Å²) in [5.41, 5.74) is 0.996. The van der Waals surface area contributed by atoms with Crippen LogP contribution in [-0.4, -0.2) is 54.2 Å². The minimum absolute atomic E-state index is 0.0901. The summed E-state index contributed by atoms with van der Waals surface area (Å²) in [4.78, 5) is 32.1. The smallest absolute Gasteiger partial charge is 0.350 e. The van der Waals surface area contributed by atoms with Crippen molar-refractivity contribution in [3.63, 3.8) is 0 Å². The van der Waals surface area contributed by atoms with Gasteiger partial charge in [-0.2, -0.15) is 13.2 Å². The summed E-state index contributed by atoms with van der Waals surface area (Å²) >= 11 is 5.92. The van der Waals surface area contributed by atoms with E-state index in [1.807, 2.05) is 13.0 Å². The molecule has 1 aromatic heterocycles. The summed E-state index contributed by atoms with van der Waals surface area (Å²) in [6.45, 7) is 1.75. The summed E-state index contributed by atoms with van der Waals surface area (Å²) in [6.07, 6.45) is -0.238. The van der Waals surface area contributed by atoms with E-state index in [2.05, 4.69) is 10.3 Å². The maximum atomic E-state index is 13.0. The Hall–Kier alpha value is -2.55. The molecular formula is C19H20ClF3N4O2. The molecule has 0 saturated carbocycles. The van der Waals surface area contributed by atoms with E-state index >= 15 is 0 Å². The SMILES string of the molecule is Cc1cccnc1N1CC(C(=O)NCC2=C(Cl)C(C(F)(F)F)CC=C2)N(C)C1=O. The number of aromatic nitrogens is 1. The zero-order chi connectivity index (χ0) is 21.3. The number of pyridine rings is 1. The van der Waals surface area contributed by atoms with Gasteiger partial charge in [-0.1, -0.05) is 29.8 Å². The normalized spacial score (nSPS) is 22.5. The van der Waals surface area contributed by atoms with Crippen molar-refractivity contribution in [1.29, 1.82) is 0 Å². The first-order chi connectivity index (χ1) is 13.6. The summed E-state index contributed by atoms with van der Waals surface area (Å²) in [7, 11) is 1.50. The van der Waals surface area contributed by atoms with Crippen LogP contribution in [0.1, 0.15) is 12.0 Å². The van der Waals surface area contributed by atoms with Gasteiger partial charge >= 0.3 is 12.2 Å². The molecule has 1 aliphatic carbocycles. The molecule has 0 spiro atoms. The number of nitrogens with zero attached hydrogens (tertiary/aromatic N) is 3. The van der Waals surface area contributed by atoms with Crippen molar-refractivity contribution in [2.75, 3.05) is 25.0 Å². The summed E-state index contributed by atoms with van der Waals surface area (Å²) < 4.78 is 39.1. The predicted octanol–water partition coefficient (Wildman–Crippen LogP) is 3.38. The maximum absolute atomic E-state index is 13.0. The van der Waals surface area contributed by atoms with E-state index in [1.165, 1.54) is 29.0 Å². The number of halogens is 4. The topological polar surface area (TPSA) is 65.5 Å². The van der Waals surface area contributed by atoms with Crippen molar-refractivity contribution < 1.29 is 22.8 Å². The van der Waals surface area contributed by atoms with Gasteiger partial charge in [0.25, 0.3) is 0 Å². The van der Waals surface area contributed by atoms with Crippen molar-refractivity contribution in [2.45, 2.75) is 25.6 Å². The van der Waals surface area contributed by atoms with Gasteiger partial charge in [0.1, 0.15) is 11.9 Å². The maximum Gasteiger partial charge on any atom is 0.396 e. The van der Waals surface area contributed by atoms with Gasteiger partial charge in [0.15, 0.2) is 0 Å². The summed E-state index contributed by atoms with van der Waals surface area (Å²) in [5.74, 6) is -1.77. The second-order valence-corrected chi connectivity index (χ2v) is 7.39. The minimum atomic E-state index is -4.45. The molecule has 2 aliphatic rings. The highest BCUT2D eigenvalue weighted by molar-refractivity contribution is 6.30. The Labute approximate surface area is 171 Å². The highest BCUT2D eigenvalue weighted by Crippen LogP contribution is 2.40. The lowest BCUT2D eigenvalue weighted by atomic mass is 9.95. The van der Waals surface area contributed by atoms with Gasteiger partial charge in [-0.25, -0.2) is 9.78 Å². The average Bonchev–Trinajstić information content (AvgIpc) is 2.95. The lowest BCUT2D eigenvalue weighted by Crippen LogP contribution is -2.44. The molecular weight excluding hydrogens is 409 g/mol.